The van der Waals surface area contributed by atoms with Gasteiger partial charge in [-0.1, -0.05) is 36.1 Å². The monoisotopic (exact) mass is 415 g/mol. The number of nitrogens with two attached hydrogens (primary N) is 1. The number of thioether (sulfide) groups is 1. The molecule has 0 saturated carbocycles. The molecule has 1 aromatic rings. The van der Waals surface area contributed by atoms with E-state index >= 15 is 0 Å². The average molecular weight is 416 g/mol. The van der Waals surface area contributed by atoms with E-state index in [0.29, 0.717) is 17.2 Å². The first-order valence-corrected chi connectivity index (χ1v) is 9.41. The molecule has 1 amide bonds. The van der Waals surface area contributed by atoms with Crippen molar-refractivity contribution in [1.82, 2.24) is 0 Å². The number of hydrogen-bond donors (Lipinski definition) is 2. The minimum Gasteiger partial charge on any atom is -0.379 e. The Morgan fingerprint density at radius 3 is 2.96 bits per heavy atom. The van der Waals surface area contributed by atoms with Gasteiger partial charge in [0.25, 0.3) is 5.91 Å². The Morgan fingerprint density at radius 2 is 2.27 bits per heavy atom. The number of carbonyl (C=O) groups is 1. The molecule has 26 heavy (non-hydrogen) atoms. The van der Waals surface area contributed by atoms with Crippen molar-refractivity contribution < 1.29 is 9.18 Å². The number of nitrogens with zero attached hydrogens (tertiary/aromatic N) is 1. The van der Waals surface area contributed by atoms with Gasteiger partial charge in [0.1, 0.15) is 5.82 Å². The predicted octanol–water partition coefficient (Wildman–Crippen LogP) is 4.35. The van der Waals surface area contributed by atoms with Crippen LogP contribution in [0.5, 0.6) is 0 Å². The third-order valence-corrected chi connectivity index (χ3v) is 5.41. The zero-order valence-corrected chi connectivity index (χ0v) is 16.6. The van der Waals surface area contributed by atoms with E-state index in [1.54, 1.807) is 24.3 Å². The molecule has 0 radical (unpaired) electrons. The van der Waals surface area contributed by atoms with Crippen molar-refractivity contribution in [2.24, 2.45) is 10.7 Å². The number of rotatable bonds is 3. The van der Waals surface area contributed by atoms with Crippen LogP contribution in [-0.4, -0.2) is 22.2 Å². The Bertz CT molecular complexity index is 797. The lowest BCUT2D eigenvalue weighted by Crippen LogP contribution is -2.29. The summed E-state index contributed by atoms with van der Waals surface area (Å²) in [7, 11) is 0. The van der Waals surface area contributed by atoms with Crippen molar-refractivity contribution in [3.8, 4) is 0 Å². The maximum Gasteiger partial charge on any atom is 0.255 e. The number of anilines is 1. The molecule has 1 aromatic carbocycles. The first-order chi connectivity index (χ1) is 11.9. The van der Waals surface area contributed by atoms with Crippen molar-refractivity contribution in [1.29, 1.82) is 0 Å². The summed E-state index contributed by atoms with van der Waals surface area (Å²) in [6, 6.07) is 4.66. The van der Waals surface area contributed by atoms with Crippen LogP contribution in [0.25, 0.3) is 0 Å². The number of aliphatic imine (C=N–C) groups is 1. The number of amidine groups is 1. The van der Waals surface area contributed by atoms with E-state index in [-0.39, 0.29) is 29.4 Å². The van der Waals surface area contributed by atoms with Gasteiger partial charge < -0.3 is 11.1 Å². The Balaban J connectivity index is 0.00000243. The second-order valence-electron chi connectivity index (χ2n) is 6.25. The lowest BCUT2D eigenvalue weighted by Gasteiger charge is -2.30. The van der Waals surface area contributed by atoms with E-state index in [1.807, 2.05) is 13.0 Å². The Labute approximate surface area is 167 Å². The number of halogens is 3. The van der Waals surface area contributed by atoms with Gasteiger partial charge in [-0.3, -0.25) is 9.79 Å². The fourth-order valence-electron chi connectivity index (χ4n) is 2.84. The van der Waals surface area contributed by atoms with Gasteiger partial charge in [-0.05, 0) is 37.5 Å². The molecule has 0 spiro atoms. The number of hydrogen-bond acceptors (Lipinski definition) is 4. The van der Waals surface area contributed by atoms with Crippen LogP contribution in [-0.2, 0) is 10.3 Å². The first kappa shape index (κ1) is 20.8. The topological polar surface area (TPSA) is 67.5 Å². The normalized spacial score (nSPS) is 25.0. The second-order valence-corrected chi connectivity index (χ2v) is 7.92. The number of alkyl halides is 1. The first-order valence-electron chi connectivity index (χ1n) is 7.99. The number of nitrogens with one attached hydrogen (secondary N) is 1. The van der Waals surface area contributed by atoms with E-state index < -0.39 is 11.4 Å². The summed E-state index contributed by atoms with van der Waals surface area (Å²) >= 11 is 7.55. The second kappa shape index (κ2) is 8.46. The summed E-state index contributed by atoms with van der Waals surface area (Å²) < 4.78 is 14.2. The fourth-order valence-corrected chi connectivity index (χ4v) is 4.05. The van der Waals surface area contributed by atoms with Gasteiger partial charge in [0.2, 0.25) is 0 Å². The van der Waals surface area contributed by atoms with Crippen molar-refractivity contribution in [2.75, 3.05) is 11.1 Å². The molecule has 2 atom stereocenters. The molecule has 0 aromatic heterocycles. The summed E-state index contributed by atoms with van der Waals surface area (Å²) in [6.07, 6.45) is 6.67. The van der Waals surface area contributed by atoms with Crippen molar-refractivity contribution in [2.45, 2.75) is 30.7 Å². The largest absolute Gasteiger partial charge is 0.379 e. The van der Waals surface area contributed by atoms with E-state index in [0.717, 1.165) is 17.7 Å². The molecule has 4 nitrogen and oxygen atoms in total. The highest BCUT2D eigenvalue weighted by molar-refractivity contribution is 8.13. The number of carbonyl (C=O) groups excluding carboxylic acids is 1. The summed E-state index contributed by atoms with van der Waals surface area (Å²) in [5, 5.41) is 2.93. The number of amides is 1. The van der Waals surface area contributed by atoms with Crippen LogP contribution < -0.4 is 11.1 Å². The van der Waals surface area contributed by atoms with Gasteiger partial charge in [-0.25, -0.2) is 4.39 Å². The summed E-state index contributed by atoms with van der Waals surface area (Å²) in [4.78, 5) is 16.9. The molecule has 1 aliphatic carbocycles. The van der Waals surface area contributed by atoms with Gasteiger partial charge in [0, 0.05) is 11.3 Å². The molecule has 140 valence electrons. The molecule has 1 aliphatic heterocycles. The minimum absolute atomic E-state index is 0. The zero-order chi connectivity index (χ0) is 18.0. The van der Waals surface area contributed by atoms with E-state index in [2.05, 4.69) is 10.3 Å². The summed E-state index contributed by atoms with van der Waals surface area (Å²) in [6.45, 7) is 1.96. The highest BCUT2D eigenvalue weighted by Crippen LogP contribution is 2.36. The van der Waals surface area contributed by atoms with Gasteiger partial charge in [-0.2, -0.15) is 0 Å². The van der Waals surface area contributed by atoms with Gasteiger partial charge >= 0.3 is 0 Å². The van der Waals surface area contributed by atoms with Gasteiger partial charge in [0.15, 0.2) is 5.17 Å². The quantitative estimate of drug-likeness (QED) is 0.721. The molecule has 8 heteroatoms. The van der Waals surface area contributed by atoms with Crippen LogP contribution in [0.3, 0.4) is 0 Å². The van der Waals surface area contributed by atoms with Crippen LogP contribution >= 0.6 is 35.8 Å². The number of allylic oxidation sites excluding steroid dienone is 2. The Kier molecular flexibility index (Phi) is 6.77. The third kappa shape index (κ3) is 4.61. The summed E-state index contributed by atoms with van der Waals surface area (Å²) in [5.41, 5.74) is 6.70. The molecule has 2 aliphatic rings. The molecule has 2 unspecified atom stereocenters. The Morgan fingerprint density at radius 1 is 1.50 bits per heavy atom. The maximum atomic E-state index is 14.2. The van der Waals surface area contributed by atoms with Crippen LogP contribution in [0.1, 0.15) is 25.3 Å². The highest BCUT2D eigenvalue weighted by Gasteiger charge is 2.30. The molecule has 1 heterocycles. The van der Waals surface area contributed by atoms with E-state index in [9.17, 15) is 9.18 Å². The lowest BCUT2D eigenvalue weighted by molar-refractivity contribution is -0.112. The third-order valence-electron chi connectivity index (χ3n) is 4.31. The van der Waals surface area contributed by atoms with Crippen molar-refractivity contribution in [3.05, 3.63) is 53.4 Å². The molecule has 0 saturated heterocycles. The predicted molar refractivity (Wildman–Crippen MR) is 110 cm³/mol. The molecular weight excluding hydrogens is 396 g/mol. The average Bonchev–Trinajstić information content (AvgIpc) is 2.56. The van der Waals surface area contributed by atoms with Crippen molar-refractivity contribution in [3.63, 3.8) is 0 Å². The zero-order valence-electron chi connectivity index (χ0n) is 14.2. The Hall–Kier alpha value is -1.50. The standard InChI is InChI=1S/C18H19ClFN3OS.ClH/c1-18(7-8-25-17(21)23-18)12-5-6-14(20)15(10-12)22-16(24)11-3-2-4-13(19)9-11;/h2-3,5-6,9-10,13H,4,7-8H2,1H3,(H2,21,23)(H,22,24);1H. The molecule has 0 bridgehead atoms. The van der Waals surface area contributed by atoms with Crippen LogP contribution in [0.2, 0.25) is 0 Å². The molecular formula is C18H20Cl2FN3OS. The van der Waals surface area contributed by atoms with Gasteiger partial charge in [-0.15, -0.1) is 24.0 Å². The van der Waals surface area contributed by atoms with Gasteiger partial charge in [0.05, 0.1) is 16.6 Å². The van der Waals surface area contributed by atoms with E-state index in [1.165, 1.54) is 17.8 Å². The molecule has 0 fully saturated rings. The van der Waals surface area contributed by atoms with Crippen LogP contribution in [0.15, 0.2) is 47.0 Å². The molecule has 3 N–H and O–H groups in total. The SMILES string of the molecule is CC1(c2ccc(F)c(NC(=O)C3=CC(Cl)CC=C3)c2)CCSC(N)=N1.Cl. The highest BCUT2D eigenvalue weighted by atomic mass is 35.5. The number of benzene rings is 1. The molecule has 3 rings (SSSR count). The smallest absolute Gasteiger partial charge is 0.255 e. The van der Waals surface area contributed by atoms with Crippen LogP contribution in [0, 0.1) is 5.82 Å². The van der Waals surface area contributed by atoms with Crippen molar-refractivity contribution >= 4 is 52.5 Å². The minimum atomic E-state index is -0.520. The van der Waals surface area contributed by atoms with Crippen LogP contribution in [0.4, 0.5) is 10.1 Å². The van der Waals surface area contributed by atoms with E-state index in [4.69, 9.17) is 17.3 Å². The maximum absolute atomic E-state index is 14.2. The lowest BCUT2D eigenvalue weighted by atomic mass is 9.89. The fraction of sp³-hybridized carbons (Fsp3) is 0.333. The summed E-state index contributed by atoms with van der Waals surface area (Å²) in [5.74, 6) is -0.0321.